The van der Waals surface area contributed by atoms with Crippen LogP contribution < -0.4 is 5.32 Å². The van der Waals surface area contributed by atoms with E-state index in [4.69, 9.17) is 0 Å². The highest BCUT2D eigenvalue weighted by molar-refractivity contribution is 6.21. The number of benzene rings is 8. The van der Waals surface area contributed by atoms with Gasteiger partial charge in [0.2, 0.25) is 0 Å². The molecule has 0 saturated heterocycles. The van der Waals surface area contributed by atoms with Gasteiger partial charge in [-0.25, -0.2) is 0 Å². The summed E-state index contributed by atoms with van der Waals surface area (Å²) in [6, 6.07) is 60.0. The summed E-state index contributed by atoms with van der Waals surface area (Å²) >= 11 is 0. The number of hydrogen-bond donors (Lipinski definition) is 1. The molecule has 1 aromatic heterocycles. The first kappa shape index (κ1) is 27.7. The molecule has 1 aliphatic heterocycles. The average Bonchev–Trinajstić information content (AvgIpc) is 3.51. The van der Waals surface area contributed by atoms with E-state index in [9.17, 15) is 0 Å². The molecule has 49 heavy (non-hydrogen) atoms. The Morgan fingerprint density at radius 3 is 1.71 bits per heavy atom. The molecule has 230 valence electrons. The van der Waals surface area contributed by atoms with E-state index in [1.54, 1.807) is 0 Å². The van der Waals surface area contributed by atoms with Crippen molar-refractivity contribution in [3.8, 4) is 39.1 Å². The van der Waals surface area contributed by atoms with E-state index in [1.165, 1.54) is 93.5 Å². The van der Waals surface area contributed by atoms with E-state index >= 15 is 0 Å². The minimum Gasteiger partial charge on any atom is -0.387 e. The molecule has 0 amide bonds. The first-order valence-electron chi connectivity index (χ1n) is 17.0. The van der Waals surface area contributed by atoms with Crippen molar-refractivity contribution in [3.63, 3.8) is 0 Å². The number of rotatable bonds is 4. The second-order valence-electron chi connectivity index (χ2n) is 13.0. The van der Waals surface area contributed by atoms with E-state index < -0.39 is 0 Å². The molecule has 1 aliphatic rings. The van der Waals surface area contributed by atoms with Crippen molar-refractivity contribution in [1.29, 1.82) is 0 Å². The molecule has 0 atom stereocenters. The molecule has 0 saturated carbocycles. The standard InChI is InChI=1S/C47H32N2/c1-2-12-37(13-3-1)49-44-25-24-35(29-42(44)43-30-48-27-26-45(43)49)32-18-21-33(22-19-32)46-38-14-6-8-16-40(38)47(41-17-9-7-15-39(41)46)36-23-20-31-10-4-5-11-34(31)28-36/h1-29,48H,30H2. The maximum Gasteiger partial charge on any atom is 0.0538 e. The van der Waals surface area contributed by atoms with Gasteiger partial charge in [-0.15, -0.1) is 0 Å². The zero-order valence-electron chi connectivity index (χ0n) is 26.9. The molecule has 0 radical (unpaired) electrons. The second-order valence-corrected chi connectivity index (χ2v) is 13.0. The Balaban J connectivity index is 1.12. The summed E-state index contributed by atoms with van der Waals surface area (Å²) in [6.45, 7) is 0.819. The molecule has 2 heteroatoms. The van der Waals surface area contributed by atoms with Gasteiger partial charge >= 0.3 is 0 Å². The predicted octanol–water partition coefficient (Wildman–Crippen LogP) is 12.2. The number of para-hydroxylation sites is 1. The molecule has 0 unspecified atom stereocenters. The van der Waals surface area contributed by atoms with Crippen LogP contribution in [0.5, 0.6) is 0 Å². The zero-order valence-corrected chi connectivity index (χ0v) is 26.9. The fourth-order valence-corrected chi connectivity index (χ4v) is 7.99. The molecule has 1 N–H and O–H groups in total. The van der Waals surface area contributed by atoms with Gasteiger partial charge in [0.15, 0.2) is 0 Å². The molecule has 2 heterocycles. The summed E-state index contributed by atoms with van der Waals surface area (Å²) in [4.78, 5) is 0. The smallest absolute Gasteiger partial charge is 0.0538 e. The maximum absolute atomic E-state index is 3.44. The third kappa shape index (κ3) is 4.42. The largest absolute Gasteiger partial charge is 0.387 e. The van der Waals surface area contributed by atoms with Gasteiger partial charge < -0.3 is 9.88 Å². The number of fused-ring (bicyclic) bond motifs is 6. The van der Waals surface area contributed by atoms with Crippen LogP contribution in [-0.4, -0.2) is 4.57 Å². The Morgan fingerprint density at radius 2 is 1.00 bits per heavy atom. The van der Waals surface area contributed by atoms with Crippen LogP contribution in [0.3, 0.4) is 0 Å². The van der Waals surface area contributed by atoms with E-state index in [0.29, 0.717) is 0 Å². The minimum absolute atomic E-state index is 0.819. The number of nitrogens with zero attached hydrogens (tertiary/aromatic N) is 1. The predicted molar refractivity (Wildman–Crippen MR) is 208 cm³/mol. The molecule has 2 nitrogen and oxygen atoms in total. The lowest BCUT2D eigenvalue weighted by Crippen LogP contribution is -2.10. The highest BCUT2D eigenvalue weighted by Gasteiger charge is 2.20. The number of nitrogens with one attached hydrogen (secondary N) is 1. The van der Waals surface area contributed by atoms with Crippen LogP contribution in [0, 0.1) is 0 Å². The van der Waals surface area contributed by atoms with Crippen LogP contribution in [-0.2, 0) is 6.54 Å². The van der Waals surface area contributed by atoms with Crippen LogP contribution in [0.2, 0.25) is 0 Å². The van der Waals surface area contributed by atoms with E-state index in [1.807, 2.05) is 0 Å². The van der Waals surface area contributed by atoms with Crippen molar-refractivity contribution in [1.82, 2.24) is 9.88 Å². The third-order valence-corrected chi connectivity index (χ3v) is 10.2. The summed E-state index contributed by atoms with van der Waals surface area (Å²) in [5.74, 6) is 0. The Morgan fingerprint density at radius 1 is 0.429 bits per heavy atom. The van der Waals surface area contributed by atoms with E-state index in [2.05, 4.69) is 186 Å². The van der Waals surface area contributed by atoms with Crippen molar-refractivity contribution in [2.24, 2.45) is 0 Å². The molecule has 0 aliphatic carbocycles. The quantitative estimate of drug-likeness (QED) is 0.193. The summed E-state index contributed by atoms with van der Waals surface area (Å²) in [6.07, 6.45) is 4.25. The lowest BCUT2D eigenvalue weighted by molar-refractivity contribution is 0.855. The van der Waals surface area contributed by atoms with Crippen LogP contribution in [0.4, 0.5) is 0 Å². The lowest BCUT2D eigenvalue weighted by Gasteiger charge is -2.18. The van der Waals surface area contributed by atoms with Crippen LogP contribution >= 0.6 is 0 Å². The fraction of sp³-hybridized carbons (Fsp3) is 0.0213. The minimum atomic E-state index is 0.819. The molecule has 0 spiro atoms. The Labute approximate surface area is 285 Å². The molecule has 8 aromatic carbocycles. The summed E-state index contributed by atoms with van der Waals surface area (Å²) < 4.78 is 2.38. The van der Waals surface area contributed by atoms with Crippen LogP contribution in [0.15, 0.2) is 170 Å². The second kappa shape index (κ2) is 11.1. The lowest BCUT2D eigenvalue weighted by atomic mass is 9.85. The van der Waals surface area contributed by atoms with Gasteiger partial charge in [-0.2, -0.15) is 0 Å². The molecule has 0 fully saturated rings. The number of aromatic nitrogens is 1. The number of hydrogen-bond acceptors (Lipinski definition) is 1. The van der Waals surface area contributed by atoms with E-state index in [0.717, 1.165) is 6.54 Å². The third-order valence-electron chi connectivity index (χ3n) is 10.2. The first-order chi connectivity index (χ1) is 24.3. The van der Waals surface area contributed by atoms with Crippen molar-refractivity contribution in [3.05, 3.63) is 181 Å². The van der Waals surface area contributed by atoms with Gasteiger partial charge in [-0.3, -0.25) is 0 Å². The molecule has 9 aromatic rings. The van der Waals surface area contributed by atoms with Gasteiger partial charge in [-0.05, 0) is 108 Å². The normalized spacial score (nSPS) is 12.5. The molecular formula is C47H32N2. The van der Waals surface area contributed by atoms with Crippen molar-refractivity contribution >= 4 is 49.3 Å². The van der Waals surface area contributed by atoms with Crippen molar-refractivity contribution in [2.75, 3.05) is 0 Å². The van der Waals surface area contributed by atoms with Gasteiger partial charge in [0, 0.05) is 23.2 Å². The first-order valence-corrected chi connectivity index (χ1v) is 17.0. The summed E-state index contributed by atoms with van der Waals surface area (Å²) in [5, 5.41) is 12.3. The molecule has 0 bridgehead atoms. The monoisotopic (exact) mass is 624 g/mol. The Bertz CT molecular complexity index is 2690. The highest BCUT2D eigenvalue weighted by atomic mass is 15.0. The Kier molecular flexibility index (Phi) is 6.28. The average molecular weight is 625 g/mol. The van der Waals surface area contributed by atoms with Crippen molar-refractivity contribution < 1.29 is 0 Å². The maximum atomic E-state index is 3.44. The van der Waals surface area contributed by atoms with Gasteiger partial charge in [0.05, 0.1) is 11.2 Å². The summed E-state index contributed by atoms with van der Waals surface area (Å²) in [5.41, 5.74) is 12.5. The molecular weight excluding hydrogens is 593 g/mol. The van der Waals surface area contributed by atoms with Gasteiger partial charge in [-0.1, -0.05) is 133 Å². The zero-order chi connectivity index (χ0) is 32.3. The summed E-state index contributed by atoms with van der Waals surface area (Å²) in [7, 11) is 0. The van der Waals surface area contributed by atoms with Crippen LogP contribution in [0.25, 0.3) is 88.4 Å². The van der Waals surface area contributed by atoms with Gasteiger partial charge in [0.25, 0.3) is 0 Å². The topological polar surface area (TPSA) is 17.0 Å². The Hall–Kier alpha value is -6.38. The van der Waals surface area contributed by atoms with E-state index in [-0.39, 0.29) is 0 Å². The van der Waals surface area contributed by atoms with Gasteiger partial charge in [0.1, 0.15) is 0 Å². The van der Waals surface area contributed by atoms with Crippen molar-refractivity contribution in [2.45, 2.75) is 6.54 Å². The van der Waals surface area contributed by atoms with Crippen LogP contribution in [0.1, 0.15) is 11.3 Å². The highest BCUT2D eigenvalue weighted by Crippen LogP contribution is 2.44. The molecule has 10 rings (SSSR count). The fourth-order valence-electron chi connectivity index (χ4n) is 7.99. The SMILES string of the molecule is C1=Cc2c(c3cc(-c4ccc(-c5c6ccccc6c(-c6ccc7ccccc7c6)c6ccccc56)cc4)ccc3n2-c2ccccc2)CN1.